The monoisotopic (exact) mass is 294 g/mol. The van der Waals surface area contributed by atoms with Crippen LogP contribution in [-0.4, -0.2) is 37.4 Å². The Morgan fingerprint density at radius 2 is 2.30 bits per heavy atom. The molecule has 0 saturated carbocycles. The van der Waals surface area contributed by atoms with Gasteiger partial charge in [0.2, 0.25) is 0 Å². The second kappa shape index (κ2) is 6.21. The third-order valence-electron chi connectivity index (χ3n) is 3.08. The lowest BCUT2D eigenvalue weighted by atomic mass is 10.1. The highest BCUT2D eigenvalue weighted by molar-refractivity contribution is 7.21. The Morgan fingerprint density at radius 3 is 2.90 bits per heavy atom. The zero-order chi connectivity index (χ0) is 14.7. The lowest BCUT2D eigenvalue weighted by molar-refractivity contribution is 0.0844. The fourth-order valence-corrected chi connectivity index (χ4v) is 3.13. The van der Waals surface area contributed by atoms with Gasteiger partial charge >= 0.3 is 0 Å². The fraction of sp³-hybridized carbons (Fsp3) is 0.357. The average Bonchev–Trinajstić information content (AvgIpc) is 2.77. The Kier molecular flexibility index (Phi) is 4.59. The molecule has 5 nitrogen and oxygen atoms in total. The molecule has 0 fully saturated rings. The second-order valence-corrected chi connectivity index (χ2v) is 5.63. The summed E-state index contributed by atoms with van der Waals surface area (Å²) in [5, 5.41) is 12.8. The molecule has 108 valence electrons. The number of nitrogen functional groups attached to an aromatic ring is 1. The molecule has 0 aliphatic rings. The van der Waals surface area contributed by atoms with E-state index in [1.807, 2.05) is 25.1 Å². The van der Waals surface area contributed by atoms with Gasteiger partial charge in [-0.3, -0.25) is 4.79 Å². The van der Waals surface area contributed by atoms with E-state index in [1.165, 1.54) is 18.4 Å². The summed E-state index contributed by atoms with van der Waals surface area (Å²) in [6.07, 6.45) is 0. The highest BCUT2D eigenvalue weighted by Crippen LogP contribution is 2.35. The number of aliphatic hydroxyl groups is 1. The molecular weight excluding hydrogens is 276 g/mol. The van der Waals surface area contributed by atoms with Crippen LogP contribution in [0.25, 0.3) is 10.1 Å². The average molecular weight is 294 g/mol. The number of aryl methyl sites for hydroxylation is 1. The number of anilines is 1. The minimum absolute atomic E-state index is 0.177. The van der Waals surface area contributed by atoms with Crippen LogP contribution >= 0.6 is 11.3 Å². The number of hydrogen-bond donors (Lipinski definition) is 3. The molecule has 0 spiro atoms. The maximum Gasteiger partial charge on any atom is 0.263 e. The van der Waals surface area contributed by atoms with E-state index in [0.717, 1.165) is 15.6 Å². The van der Waals surface area contributed by atoms with Crippen LogP contribution in [0.3, 0.4) is 0 Å². The minimum Gasteiger partial charge on any atom is -0.397 e. The maximum atomic E-state index is 12.2. The number of methoxy groups -OCH3 is 1. The molecule has 0 saturated heterocycles. The summed E-state index contributed by atoms with van der Waals surface area (Å²) < 4.78 is 5.95. The van der Waals surface area contributed by atoms with Crippen molar-refractivity contribution in [2.24, 2.45) is 0 Å². The highest BCUT2D eigenvalue weighted by atomic mass is 32.1. The van der Waals surface area contributed by atoms with Gasteiger partial charge in [-0.25, -0.2) is 0 Å². The molecule has 1 aromatic heterocycles. The van der Waals surface area contributed by atoms with Crippen LogP contribution < -0.4 is 11.1 Å². The van der Waals surface area contributed by atoms with E-state index in [9.17, 15) is 9.90 Å². The summed E-state index contributed by atoms with van der Waals surface area (Å²) in [6.45, 7) is 2.07. The Hall–Kier alpha value is -1.63. The number of fused-ring (bicyclic) bond motifs is 1. The lowest BCUT2D eigenvalue weighted by Crippen LogP contribution is -2.40. The van der Waals surface area contributed by atoms with Crippen molar-refractivity contribution in [2.75, 3.05) is 26.1 Å². The molecule has 1 aromatic carbocycles. The molecule has 0 aliphatic carbocycles. The Labute approximate surface area is 121 Å². The first-order valence-electron chi connectivity index (χ1n) is 6.26. The molecule has 0 radical (unpaired) electrons. The fourth-order valence-electron chi connectivity index (χ4n) is 2.04. The molecule has 0 bridgehead atoms. The second-order valence-electron chi connectivity index (χ2n) is 4.60. The summed E-state index contributed by atoms with van der Waals surface area (Å²) in [6, 6.07) is 5.38. The molecule has 1 amide bonds. The highest BCUT2D eigenvalue weighted by Gasteiger charge is 2.19. The van der Waals surface area contributed by atoms with Crippen molar-refractivity contribution in [2.45, 2.75) is 13.0 Å². The van der Waals surface area contributed by atoms with Crippen LogP contribution in [-0.2, 0) is 4.74 Å². The Morgan fingerprint density at radius 1 is 1.55 bits per heavy atom. The first-order chi connectivity index (χ1) is 9.58. The van der Waals surface area contributed by atoms with E-state index in [4.69, 9.17) is 10.5 Å². The number of nitrogens with two attached hydrogens (primary N) is 1. The molecule has 6 heteroatoms. The van der Waals surface area contributed by atoms with Crippen LogP contribution in [0.1, 0.15) is 15.2 Å². The van der Waals surface area contributed by atoms with Crippen LogP contribution in [0, 0.1) is 6.92 Å². The molecule has 1 unspecified atom stereocenters. The van der Waals surface area contributed by atoms with Crippen LogP contribution in [0.2, 0.25) is 0 Å². The van der Waals surface area contributed by atoms with Crippen LogP contribution in [0.4, 0.5) is 5.69 Å². The minimum atomic E-state index is -0.432. The predicted molar refractivity (Wildman–Crippen MR) is 81.2 cm³/mol. The van der Waals surface area contributed by atoms with Crippen molar-refractivity contribution in [3.63, 3.8) is 0 Å². The predicted octanol–water partition coefficient (Wildman–Crippen LogP) is 1.53. The smallest absolute Gasteiger partial charge is 0.263 e. The van der Waals surface area contributed by atoms with Gasteiger partial charge in [0.05, 0.1) is 24.9 Å². The third-order valence-corrected chi connectivity index (χ3v) is 4.44. The number of nitrogens with one attached hydrogen (secondary N) is 1. The largest absolute Gasteiger partial charge is 0.397 e. The maximum absolute atomic E-state index is 12.2. The zero-order valence-electron chi connectivity index (χ0n) is 11.5. The van der Waals surface area contributed by atoms with E-state index in [0.29, 0.717) is 10.6 Å². The van der Waals surface area contributed by atoms with Gasteiger partial charge in [0.1, 0.15) is 4.88 Å². The van der Waals surface area contributed by atoms with E-state index >= 15 is 0 Å². The van der Waals surface area contributed by atoms with Gasteiger partial charge < -0.3 is 20.9 Å². The van der Waals surface area contributed by atoms with Crippen molar-refractivity contribution in [1.29, 1.82) is 0 Å². The number of aliphatic hydroxyl groups excluding tert-OH is 1. The number of carbonyl (C=O) groups excluding carboxylic acids is 1. The Bertz CT molecular complexity index is 624. The van der Waals surface area contributed by atoms with Crippen LogP contribution in [0.5, 0.6) is 0 Å². The van der Waals surface area contributed by atoms with Crippen molar-refractivity contribution < 1.29 is 14.6 Å². The normalized spacial score (nSPS) is 12.6. The number of ether oxygens (including phenoxy) is 1. The summed E-state index contributed by atoms with van der Waals surface area (Å²) in [5.41, 5.74) is 7.63. The van der Waals surface area contributed by atoms with Crippen LogP contribution in [0.15, 0.2) is 18.2 Å². The summed E-state index contributed by atoms with van der Waals surface area (Å²) in [4.78, 5) is 12.7. The van der Waals surface area contributed by atoms with Gasteiger partial charge in [-0.1, -0.05) is 18.2 Å². The zero-order valence-corrected chi connectivity index (χ0v) is 12.3. The Balaban J connectivity index is 2.31. The SMILES string of the molecule is COCC(CO)NC(=O)c1sc2c(C)cccc2c1N. The molecular formula is C14H18N2O3S. The number of hydrogen-bond acceptors (Lipinski definition) is 5. The quantitative estimate of drug-likeness (QED) is 0.781. The molecule has 2 rings (SSSR count). The third kappa shape index (κ3) is 2.77. The first-order valence-corrected chi connectivity index (χ1v) is 7.08. The molecule has 1 atom stereocenters. The number of benzene rings is 1. The van der Waals surface area contributed by atoms with Gasteiger partial charge in [0, 0.05) is 17.2 Å². The van der Waals surface area contributed by atoms with Crippen molar-refractivity contribution >= 4 is 33.0 Å². The molecule has 1 heterocycles. The number of rotatable bonds is 5. The van der Waals surface area contributed by atoms with E-state index < -0.39 is 6.04 Å². The number of thiophene rings is 1. The van der Waals surface area contributed by atoms with Gasteiger partial charge in [-0.2, -0.15) is 0 Å². The van der Waals surface area contributed by atoms with Crippen molar-refractivity contribution in [1.82, 2.24) is 5.32 Å². The number of carbonyl (C=O) groups is 1. The summed E-state index contributed by atoms with van der Waals surface area (Å²) >= 11 is 1.37. The van der Waals surface area contributed by atoms with E-state index in [1.54, 1.807) is 0 Å². The lowest BCUT2D eigenvalue weighted by Gasteiger charge is -2.14. The van der Waals surface area contributed by atoms with Gasteiger partial charge in [0.15, 0.2) is 0 Å². The standard InChI is InChI=1S/C14H18N2O3S/c1-8-4-3-5-10-11(15)13(20-12(8)10)14(18)16-9(6-17)7-19-2/h3-5,9,17H,6-7,15H2,1-2H3,(H,16,18). The van der Waals surface area contributed by atoms with Gasteiger partial charge in [0.25, 0.3) is 5.91 Å². The van der Waals surface area contributed by atoms with Gasteiger partial charge in [-0.15, -0.1) is 11.3 Å². The molecule has 0 aliphatic heterocycles. The van der Waals surface area contributed by atoms with Gasteiger partial charge in [-0.05, 0) is 12.5 Å². The van der Waals surface area contributed by atoms with E-state index in [2.05, 4.69) is 5.32 Å². The topological polar surface area (TPSA) is 84.6 Å². The summed E-state index contributed by atoms with van der Waals surface area (Å²) in [5.74, 6) is -0.279. The van der Waals surface area contributed by atoms with E-state index in [-0.39, 0.29) is 19.1 Å². The molecule has 2 aromatic rings. The molecule has 4 N–H and O–H groups in total. The number of amides is 1. The first kappa shape index (κ1) is 14.8. The van der Waals surface area contributed by atoms with Crippen molar-refractivity contribution in [3.8, 4) is 0 Å². The summed E-state index contributed by atoms with van der Waals surface area (Å²) in [7, 11) is 1.52. The molecule has 20 heavy (non-hydrogen) atoms. The van der Waals surface area contributed by atoms with Crippen molar-refractivity contribution in [3.05, 3.63) is 28.6 Å².